The maximum absolute atomic E-state index is 12.6. The van der Waals surface area contributed by atoms with Crippen LogP contribution in [0.5, 0.6) is 0 Å². The molecule has 0 atom stereocenters. The van der Waals surface area contributed by atoms with E-state index in [4.69, 9.17) is 4.74 Å². The molecule has 0 unspecified atom stereocenters. The van der Waals surface area contributed by atoms with Crippen LogP contribution >= 0.6 is 0 Å². The molecule has 0 aliphatic carbocycles. The van der Waals surface area contributed by atoms with E-state index in [9.17, 15) is 9.59 Å². The van der Waals surface area contributed by atoms with Crippen molar-refractivity contribution >= 4 is 17.7 Å². The summed E-state index contributed by atoms with van der Waals surface area (Å²) in [4.78, 5) is 31.9. The van der Waals surface area contributed by atoms with Crippen LogP contribution in [0.25, 0.3) is 0 Å². The van der Waals surface area contributed by atoms with Gasteiger partial charge in [-0.2, -0.15) is 0 Å². The summed E-state index contributed by atoms with van der Waals surface area (Å²) in [6, 6.07) is 3.67. The largest absolute Gasteiger partial charge is 0.450 e. The number of nitrogens with one attached hydrogen (secondary N) is 1. The molecule has 0 saturated carbocycles. The molecule has 1 fully saturated rings. The fourth-order valence-electron chi connectivity index (χ4n) is 2.73. The van der Waals surface area contributed by atoms with Gasteiger partial charge in [0.25, 0.3) is 5.91 Å². The molecule has 0 bridgehead atoms. The van der Waals surface area contributed by atoms with E-state index in [2.05, 4.69) is 17.2 Å². The highest BCUT2D eigenvalue weighted by Gasteiger charge is 2.26. The number of amides is 2. The van der Waals surface area contributed by atoms with Gasteiger partial charge in [-0.25, -0.2) is 4.79 Å². The Morgan fingerprint density at radius 3 is 2.56 bits per heavy atom. The predicted molar refractivity (Wildman–Crippen MR) is 96.8 cm³/mol. The quantitative estimate of drug-likeness (QED) is 0.767. The minimum atomic E-state index is -0.314. The Balaban J connectivity index is 1.87. The first kappa shape index (κ1) is 19.0. The molecule has 0 spiro atoms. The monoisotopic (exact) mass is 348 g/mol. The second kappa shape index (κ2) is 9.86. The second-order valence-electron chi connectivity index (χ2n) is 6.04. The molecule has 1 aliphatic heterocycles. The molecule has 1 aromatic heterocycles. The number of rotatable bonds is 7. The lowest BCUT2D eigenvalue weighted by Crippen LogP contribution is -2.50. The third kappa shape index (κ3) is 5.62. The molecule has 1 aliphatic rings. The number of pyridine rings is 1. The number of aromatic nitrogens is 1. The van der Waals surface area contributed by atoms with Gasteiger partial charge in [0.1, 0.15) is 5.69 Å². The molecule has 2 rings (SSSR count). The Hall–Kier alpha value is -2.31. The standard InChI is InChI=1S/C18H28N4O3/c1-3-5-6-8-19-15-7-9-20-16(14-15)17(23)21-10-12-22(13-11-21)18(24)25-4-2/h7,9,14H,3-6,8,10-13H2,1-2H3,(H,19,20). The summed E-state index contributed by atoms with van der Waals surface area (Å²) >= 11 is 0. The van der Waals surface area contributed by atoms with Crippen molar-refractivity contribution in [1.82, 2.24) is 14.8 Å². The first-order valence-electron chi connectivity index (χ1n) is 9.06. The van der Waals surface area contributed by atoms with E-state index in [1.54, 1.807) is 29.0 Å². The zero-order valence-electron chi connectivity index (χ0n) is 15.2. The van der Waals surface area contributed by atoms with Crippen molar-refractivity contribution in [2.45, 2.75) is 33.1 Å². The van der Waals surface area contributed by atoms with E-state index in [0.29, 0.717) is 38.5 Å². The number of hydrogen-bond donors (Lipinski definition) is 1. The lowest BCUT2D eigenvalue weighted by molar-refractivity contribution is 0.0566. The van der Waals surface area contributed by atoms with Crippen molar-refractivity contribution in [3.63, 3.8) is 0 Å². The molecule has 0 radical (unpaired) electrons. The number of hydrogen-bond acceptors (Lipinski definition) is 5. The van der Waals surface area contributed by atoms with Crippen molar-refractivity contribution in [1.29, 1.82) is 0 Å². The van der Waals surface area contributed by atoms with Crippen LogP contribution in [0, 0.1) is 0 Å². The van der Waals surface area contributed by atoms with E-state index in [0.717, 1.165) is 18.7 Å². The number of carbonyl (C=O) groups excluding carboxylic acids is 2. The average Bonchev–Trinajstić information content (AvgIpc) is 2.65. The maximum Gasteiger partial charge on any atom is 0.409 e. The lowest BCUT2D eigenvalue weighted by atomic mass is 10.2. The Labute approximate surface area is 149 Å². The topological polar surface area (TPSA) is 74.8 Å². The third-order valence-corrected chi connectivity index (χ3v) is 4.18. The van der Waals surface area contributed by atoms with Gasteiger partial charge in [-0.3, -0.25) is 9.78 Å². The van der Waals surface area contributed by atoms with Crippen molar-refractivity contribution in [2.24, 2.45) is 0 Å². The van der Waals surface area contributed by atoms with Gasteiger partial charge < -0.3 is 19.9 Å². The molecule has 25 heavy (non-hydrogen) atoms. The van der Waals surface area contributed by atoms with Gasteiger partial charge >= 0.3 is 6.09 Å². The van der Waals surface area contributed by atoms with Crippen LogP contribution in [0.2, 0.25) is 0 Å². The molecular formula is C18H28N4O3. The van der Waals surface area contributed by atoms with Gasteiger partial charge in [0.05, 0.1) is 6.61 Å². The molecule has 1 N–H and O–H groups in total. The Morgan fingerprint density at radius 2 is 1.88 bits per heavy atom. The van der Waals surface area contributed by atoms with Gasteiger partial charge in [-0.05, 0) is 25.5 Å². The predicted octanol–water partition coefficient (Wildman–Crippen LogP) is 2.60. The molecule has 7 heteroatoms. The molecule has 1 aromatic rings. The summed E-state index contributed by atoms with van der Waals surface area (Å²) in [6.45, 7) is 7.17. The highest BCUT2D eigenvalue weighted by Crippen LogP contribution is 2.13. The van der Waals surface area contributed by atoms with E-state index in [-0.39, 0.29) is 12.0 Å². The minimum absolute atomic E-state index is 0.0966. The highest BCUT2D eigenvalue weighted by atomic mass is 16.6. The fourth-order valence-corrected chi connectivity index (χ4v) is 2.73. The van der Waals surface area contributed by atoms with Gasteiger partial charge in [-0.15, -0.1) is 0 Å². The molecular weight excluding hydrogens is 320 g/mol. The van der Waals surface area contributed by atoms with E-state index >= 15 is 0 Å². The minimum Gasteiger partial charge on any atom is -0.450 e. The van der Waals surface area contributed by atoms with Crippen LogP contribution in [-0.2, 0) is 4.74 Å². The molecule has 7 nitrogen and oxygen atoms in total. The number of unbranched alkanes of at least 4 members (excludes halogenated alkanes) is 2. The second-order valence-corrected chi connectivity index (χ2v) is 6.04. The normalized spacial score (nSPS) is 14.3. The summed E-state index contributed by atoms with van der Waals surface area (Å²) in [7, 11) is 0. The summed E-state index contributed by atoms with van der Waals surface area (Å²) in [5, 5.41) is 3.33. The van der Waals surface area contributed by atoms with Gasteiger partial charge in [0.2, 0.25) is 0 Å². The summed E-state index contributed by atoms with van der Waals surface area (Å²) < 4.78 is 5.00. The number of anilines is 1. The van der Waals surface area contributed by atoms with Crippen LogP contribution in [0.1, 0.15) is 43.6 Å². The van der Waals surface area contributed by atoms with Gasteiger partial charge in [0, 0.05) is 44.6 Å². The van der Waals surface area contributed by atoms with Crippen LogP contribution in [0.15, 0.2) is 18.3 Å². The molecule has 138 valence electrons. The van der Waals surface area contributed by atoms with E-state index in [1.165, 1.54) is 12.8 Å². The van der Waals surface area contributed by atoms with E-state index in [1.807, 2.05) is 6.07 Å². The summed E-state index contributed by atoms with van der Waals surface area (Å²) in [5.74, 6) is -0.0966. The van der Waals surface area contributed by atoms with Crippen molar-refractivity contribution in [3.05, 3.63) is 24.0 Å². The lowest BCUT2D eigenvalue weighted by Gasteiger charge is -2.33. The van der Waals surface area contributed by atoms with Gasteiger partial charge in [-0.1, -0.05) is 19.8 Å². The zero-order valence-corrected chi connectivity index (χ0v) is 15.2. The first-order valence-corrected chi connectivity index (χ1v) is 9.06. The van der Waals surface area contributed by atoms with Gasteiger partial charge in [0.15, 0.2) is 0 Å². The maximum atomic E-state index is 12.6. The molecule has 0 aromatic carbocycles. The van der Waals surface area contributed by atoms with Crippen molar-refractivity contribution in [3.8, 4) is 0 Å². The number of ether oxygens (including phenoxy) is 1. The average molecular weight is 348 g/mol. The third-order valence-electron chi connectivity index (χ3n) is 4.18. The van der Waals surface area contributed by atoms with Crippen molar-refractivity contribution < 1.29 is 14.3 Å². The van der Waals surface area contributed by atoms with Crippen molar-refractivity contribution in [2.75, 3.05) is 44.6 Å². The van der Waals surface area contributed by atoms with Crippen LogP contribution in [-0.4, -0.2) is 66.1 Å². The summed E-state index contributed by atoms with van der Waals surface area (Å²) in [6.07, 6.45) is 4.82. The molecule has 2 amide bonds. The summed E-state index contributed by atoms with van der Waals surface area (Å²) in [5.41, 5.74) is 1.35. The van der Waals surface area contributed by atoms with E-state index < -0.39 is 0 Å². The Morgan fingerprint density at radius 1 is 1.16 bits per heavy atom. The van der Waals surface area contributed by atoms with Crippen LogP contribution < -0.4 is 5.32 Å². The number of piperazine rings is 1. The SMILES string of the molecule is CCCCCNc1ccnc(C(=O)N2CCN(C(=O)OCC)CC2)c1. The first-order chi connectivity index (χ1) is 12.2. The fraction of sp³-hybridized carbons (Fsp3) is 0.611. The smallest absolute Gasteiger partial charge is 0.409 e. The number of carbonyl (C=O) groups is 2. The molecule has 2 heterocycles. The van der Waals surface area contributed by atoms with Crippen LogP contribution in [0.4, 0.5) is 10.5 Å². The Bertz CT molecular complexity index is 571. The molecule has 1 saturated heterocycles. The number of nitrogens with zero attached hydrogens (tertiary/aromatic N) is 3. The zero-order chi connectivity index (χ0) is 18.1. The van der Waals surface area contributed by atoms with Crippen LogP contribution in [0.3, 0.4) is 0 Å². The Kier molecular flexibility index (Phi) is 7.50. The highest BCUT2D eigenvalue weighted by molar-refractivity contribution is 5.93.